The minimum absolute atomic E-state index is 0.133. The Morgan fingerprint density at radius 3 is 2.65 bits per heavy atom. The van der Waals surface area contributed by atoms with Crippen LogP contribution in [0.5, 0.6) is 0 Å². The fraction of sp³-hybridized carbons (Fsp3) is 0.0667. The van der Waals surface area contributed by atoms with Crippen molar-refractivity contribution in [2.45, 2.75) is 5.92 Å². The molecular weight excluding hydrogens is 345 g/mol. The Labute approximate surface area is 128 Å². The van der Waals surface area contributed by atoms with Crippen LogP contribution in [0.1, 0.15) is 21.8 Å². The molecule has 1 unspecified atom stereocenters. The fourth-order valence-electron chi connectivity index (χ4n) is 1.82. The Morgan fingerprint density at radius 1 is 1.30 bits per heavy atom. The predicted octanol–water partition coefficient (Wildman–Crippen LogP) is 4.73. The van der Waals surface area contributed by atoms with Crippen molar-refractivity contribution in [2.24, 2.45) is 0 Å². The average molecular weight is 353 g/mol. The smallest absolute Gasteiger partial charge is 0.187 e. The van der Waals surface area contributed by atoms with Crippen LogP contribution in [-0.4, -0.2) is 5.78 Å². The molecule has 2 aromatic rings. The molecule has 2 nitrogen and oxygen atoms in total. The van der Waals surface area contributed by atoms with Gasteiger partial charge in [0.25, 0.3) is 0 Å². The summed E-state index contributed by atoms with van der Waals surface area (Å²) in [6, 6.07) is 12.5. The highest BCUT2D eigenvalue weighted by atomic mass is 79.9. The van der Waals surface area contributed by atoms with E-state index in [9.17, 15) is 14.4 Å². The molecule has 5 heteroatoms. The molecule has 100 valence electrons. The van der Waals surface area contributed by atoms with E-state index in [4.69, 9.17) is 11.6 Å². The van der Waals surface area contributed by atoms with Gasteiger partial charge in [0.1, 0.15) is 11.7 Å². The molecule has 20 heavy (non-hydrogen) atoms. The number of rotatable bonds is 3. The molecule has 1 atom stereocenters. The van der Waals surface area contributed by atoms with E-state index in [1.165, 1.54) is 18.2 Å². The summed E-state index contributed by atoms with van der Waals surface area (Å²) in [6.07, 6.45) is 0. The first kappa shape index (κ1) is 14.7. The first-order valence-electron chi connectivity index (χ1n) is 5.68. The summed E-state index contributed by atoms with van der Waals surface area (Å²) in [7, 11) is 0. The molecule has 0 N–H and O–H groups in total. The molecule has 0 radical (unpaired) electrons. The summed E-state index contributed by atoms with van der Waals surface area (Å²) in [5.41, 5.74) is 0.242. The summed E-state index contributed by atoms with van der Waals surface area (Å²) < 4.78 is 14.3. The average Bonchev–Trinajstić information content (AvgIpc) is 2.44. The van der Waals surface area contributed by atoms with Crippen LogP contribution in [0.25, 0.3) is 0 Å². The zero-order valence-corrected chi connectivity index (χ0v) is 12.5. The van der Waals surface area contributed by atoms with Crippen LogP contribution in [0.15, 0.2) is 46.9 Å². The number of hydrogen-bond acceptors (Lipinski definition) is 2. The second-order valence-electron chi connectivity index (χ2n) is 4.07. The number of nitriles is 1. The lowest BCUT2D eigenvalue weighted by atomic mass is 9.91. The predicted molar refractivity (Wildman–Crippen MR) is 78.2 cm³/mol. The van der Waals surface area contributed by atoms with Crippen molar-refractivity contribution in [3.05, 3.63) is 68.9 Å². The van der Waals surface area contributed by atoms with Gasteiger partial charge >= 0.3 is 0 Å². The topological polar surface area (TPSA) is 40.9 Å². The maximum Gasteiger partial charge on any atom is 0.187 e. The minimum Gasteiger partial charge on any atom is -0.292 e. The van der Waals surface area contributed by atoms with E-state index < -0.39 is 17.5 Å². The molecule has 0 bridgehead atoms. The molecule has 0 aliphatic heterocycles. The molecule has 0 saturated heterocycles. The molecule has 0 saturated carbocycles. The standard InChI is InChI=1S/C15H8BrClFNO/c16-9-5-6-14(18)11(7-9)15(20)12(8-19)10-3-1-2-4-13(10)17/h1-7,12H. The van der Waals surface area contributed by atoms with Gasteiger partial charge in [0.05, 0.1) is 11.6 Å². The number of carbonyl (C=O) groups is 1. The van der Waals surface area contributed by atoms with Crippen molar-refractivity contribution < 1.29 is 9.18 Å². The third kappa shape index (κ3) is 2.90. The molecule has 2 aromatic carbocycles. The maximum atomic E-state index is 13.7. The highest BCUT2D eigenvalue weighted by Gasteiger charge is 2.26. The number of benzene rings is 2. The highest BCUT2D eigenvalue weighted by molar-refractivity contribution is 9.10. The Kier molecular flexibility index (Phi) is 4.53. The van der Waals surface area contributed by atoms with Gasteiger partial charge in [-0.25, -0.2) is 4.39 Å². The molecular formula is C15H8BrClFNO. The first-order valence-corrected chi connectivity index (χ1v) is 6.85. The van der Waals surface area contributed by atoms with E-state index in [0.29, 0.717) is 15.1 Å². The Bertz CT molecular complexity index is 711. The van der Waals surface area contributed by atoms with Crippen molar-refractivity contribution in [1.82, 2.24) is 0 Å². The van der Waals surface area contributed by atoms with Crippen LogP contribution >= 0.6 is 27.5 Å². The molecule has 0 amide bonds. The van der Waals surface area contributed by atoms with Crippen LogP contribution < -0.4 is 0 Å². The van der Waals surface area contributed by atoms with Gasteiger partial charge in [-0.1, -0.05) is 45.7 Å². The van der Waals surface area contributed by atoms with Crippen LogP contribution in [0.3, 0.4) is 0 Å². The molecule has 0 aromatic heterocycles. The van der Waals surface area contributed by atoms with E-state index in [0.717, 1.165) is 0 Å². The fourth-order valence-corrected chi connectivity index (χ4v) is 2.43. The third-order valence-corrected chi connectivity index (χ3v) is 3.64. The van der Waals surface area contributed by atoms with Crippen LogP contribution in [0, 0.1) is 17.1 Å². The van der Waals surface area contributed by atoms with Crippen molar-refractivity contribution in [3.63, 3.8) is 0 Å². The summed E-state index contributed by atoms with van der Waals surface area (Å²) in [4.78, 5) is 12.4. The van der Waals surface area contributed by atoms with Crippen molar-refractivity contribution >= 4 is 33.3 Å². The van der Waals surface area contributed by atoms with Gasteiger partial charge < -0.3 is 0 Å². The third-order valence-electron chi connectivity index (χ3n) is 2.80. The van der Waals surface area contributed by atoms with Crippen LogP contribution in [0.2, 0.25) is 5.02 Å². The number of ketones is 1. The number of halogens is 3. The molecule has 0 spiro atoms. The summed E-state index contributed by atoms with van der Waals surface area (Å²) >= 11 is 9.17. The zero-order valence-electron chi connectivity index (χ0n) is 10.1. The quantitative estimate of drug-likeness (QED) is 0.749. The largest absolute Gasteiger partial charge is 0.292 e. The summed E-state index contributed by atoms with van der Waals surface area (Å²) in [6.45, 7) is 0. The maximum absolute atomic E-state index is 13.7. The van der Waals surface area contributed by atoms with Gasteiger partial charge in [0.2, 0.25) is 0 Å². The molecule has 0 aliphatic rings. The van der Waals surface area contributed by atoms with E-state index in [1.807, 2.05) is 6.07 Å². The Morgan fingerprint density at radius 2 is 2.00 bits per heavy atom. The molecule has 0 aliphatic carbocycles. The number of carbonyl (C=O) groups excluding carboxylic acids is 1. The zero-order chi connectivity index (χ0) is 14.7. The van der Waals surface area contributed by atoms with Crippen molar-refractivity contribution in [2.75, 3.05) is 0 Å². The van der Waals surface area contributed by atoms with Gasteiger partial charge in [-0.05, 0) is 29.8 Å². The first-order chi connectivity index (χ1) is 9.54. The van der Waals surface area contributed by atoms with Gasteiger partial charge in [-0.2, -0.15) is 5.26 Å². The van der Waals surface area contributed by atoms with Gasteiger partial charge in [0.15, 0.2) is 5.78 Å². The Hall–Kier alpha value is -1.70. The molecule has 0 heterocycles. The van der Waals surface area contributed by atoms with E-state index in [1.54, 1.807) is 24.3 Å². The van der Waals surface area contributed by atoms with Gasteiger partial charge in [0, 0.05) is 9.50 Å². The highest BCUT2D eigenvalue weighted by Crippen LogP contribution is 2.28. The van der Waals surface area contributed by atoms with Crippen molar-refractivity contribution in [1.29, 1.82) is 5.26 Å². The molecule has 2 rings (SSSR count). The lowest BCUT2D eigenvalue weighted by Crippen LogP contribution is -2.13. The second-order valence-corrected chi connectivity index (χ2v) is 5.39. The number of Topliss-reactive ketones (excluding diaryl/α,β-unsaturated/α-hetero) is 1. The lowest BCUT2D eigenvalue weighted by molar-refractivity contribution is 0.0975. The Balaban J connectivity index is 2.48. The monoisotopic (exact) mass is 351 g/mol. The van der Waals surface area contributed by atoms with Crippen molar-refractivity contribution in [3.8, 4) is 6.07 Å². The van der Waals surface area contributed by atoms with E-state index in [-0.39, 0.29) is 5.56 Å². The van der Waals surface area contributed by atoms with Gasteiger partial charge in [-0.15, -0.1) is 0 Å². The number of hydrogen-bond donors (Lipinski definition) is 0. The van der Waals surface area contributed by atoms with Crippen LogP contribution in [0.4, 0.5) is 4.39 Å². The normalized spacial score (nSPS) is 11.7. The summed E-state index contributed by atoms with van der Waals surface area (Å²) in [5.74, 6) is -2.41. The van der Waals surface area contributed by atoms with Crippen LogP contribution in [-0.2, 0) is 0 Å². The molecule has 0 fully saturated rings. The van der Waals surface area contributed by atoms with E-state index >= 15 is 0 Å². The number of nitrogens with zero attached hydrogens (tertiary/aromatic N) is 1. The minimum atomic E-state index is -1.13. The SMILES string of the molecule is N#CC(C(=O)c1cc(Br)ccc1F)c1ccccc1Cl. The van der Waals surface area contributed by atoms with Gasteiger partial charge in [-0.3, -0.25) is 4.79 Å². The second kappa shape index (κ2) is 6.17. The summed E-state index contributed by atoms with van der Waals surface area (Å²) in [5, 5.41) is 9.54. The lowest BCUT2D eigenvalue weighted by Gasteiger charge is -2.11. The van der Waals surface area contributed by atoms with E-state index in [2.05, 4.69) is 15.9 Å².